The lowest BCUT2D eigenvalue weighted by Gasteiger charge is -2.19. The largest absolute Gasteiger partial charge is 0.361 e. The molecule has 0 N–H and O–H groups in total. The van der Waals surface area contributed by atoms with Crippen LogP contribution >= 0.6 is 15.9 Å². The number of rotatable bonds is 4. The van der Waals surface area contributed by atoms with Gasteiger partial charge in [0.1, 0.15) is 5.76 Å². The molecule has 1 aliphatic carbocycles. The van der Waals surface area contributed by atoms with E-state index in [1.54, 1.807) is 13.0 Å². The highest BCUT2D eigenvalue weighted by Gasteiger charge is 2.33. The molecular formula is C10H13BrN2O2. The van der Waals surface area contributed by atoms with Crippen LogP contribution in [0.1, 0.15) is 29.1 Å². The van der Waals surface area contributed by atoms with Crippen LogP contribution in [-0.4, -0.2) is 33.9 Å². The van der Waals surface area contributed by atoms with E-state index in [0.29, 0.717) is 17.5 Å². The number of amides is 1. The summed E-state index contributed by atoms with van der Waals surface area (Å²) in [4.78, 5) is 13.9. The highest BCUT2D eigenvalue weighted by Crippen LogP contribution is 2.28. The van der Waals surface area contributed by atoms with Gasteiger partial charge in [-0.1, -0.05) is 21.1 Å². The zero-order chi connectivity index (χ0) is 10.8. The lowest BCUT2D eigenvalue weighted by atomic mass is 10.3. The third kappa shape index (κ3) is 2.40. The van der Waals surface area contributed by atoms with Crippen LogP contribution in [0.15, 0.2) is 10.6 Å². The average Bonchev–Trinajstić information content (AvgIpc) is 2.96. The number of hydrogen-bond donors (Lipinski definition) is 0. The van der Waals surface area contributed by atoms with Crippen molar-refractivity contribution in [2.75, 3.05) is 11.9 Å². The molecule has 0 radical (unpaired) electrons. The maximum atomic E-state index is 12.0. The van der Waals surface area contributed by atoms with E-state index in [1.165, 1.54) is 0 Å². The number of nitrogens with zero attached hydrogens (tertiary/aromatic N) is 2. The Morgan fingerprint density at radius 3 is 2.93 bits per heavy atom. The van der Waals surface area contributed by atoms with Gasteiger partial charge in [-0.05, 0) is 19.8 Å². The van der Waals surface area contributed by atoms with Crippen molar-refractivity contribution >= 4 is 21.8 Å². The van der Waals surface area contributed by atoms with E-state index in [9.17, 15) is 4.79 Å². The summed E-state index contributed by atoms with van der Waals surface area (Å²) < 4.78 is 4.90. The molecule has 82 valence electrons. The van der Waals surface area contributed by atoms with E-state index in [-0.39, 0.29) is 5.91 Å². The van der Waals surface area contributed by atoms with Crippen molar-refractivity contribution in [3.8, 4) is 0 Å². The molecular weight excluding hydrogens is 260 g/mol. The van der Waals surface area contributed by atoms with Gasteiger partial charge in [0.15, 0.2) is 5.69 Å². The minimum absolute atomic E-state index is 0.0196. The Hall–Kier alpha value is -0.840. The van der Waals surface area contributed by atoms with Crippen molar-refractivity contribution in [1.82, 2.24) is 10.1 Å². The molecule has 2 rings (SSSR count). The second-order valence-corrected chi connectivity index (χ2v) is 4.53. The van der Waals surface area contributed by atoms with Gasteiger partial charge in [-0.25, -0.2) is 0 Å². The number of carbonyl (C=O) groups excluding carboxylic acids is 1. The number of aromatic nitrogens is 1. The molecule has 0 bridgehead atoms. The summed E-state index contributed by atoms with van der Waals surface area (Å²) in [7, 11) is 0. The van der Waals surface area contributed by atoms with Crippen molar-refractivity contribution in [2.24, 2.45) is 0 Å². The number of aryl methyl sites for hydroxylation is 1. The van der Waals surface area contributed by atoms with Crippen molar-refractivity contribution < 1.29 is 9.32 Å². The van der Waals surface area contributed by atoms with Crippen molar-refractivity contribution in [3.63, 3.8) is 0 Å². The molecule has 1 aliphatic rings. The summed E-state index contributed by atoms with van der Waals surface area (Å²) >= 11 is 3.35. The standard InChI is InChI=1S/C10H13BrN2O2/c1-7-6-9(12-15-7)10(14)13(5-4-11)8-2-3-8/h6,8H,2-5H2,1H3. The van der Waals surface area contributed by atoms with Gasteiger partial charge in [-0.2, -0.15) is 0 Å². The number of hydrogen-bond acceptors (Lipinski definition) is 3. The summed E-state index contributed by atoms with van der Waals surface area (Å²) in [6, 6.07) is 2.10. The third-order valence-corrected chi connectivity index (χ3v) is 2.78. The van der Waals surface area contributed by atoms with E-state index in [1.807, 2.05) is 4.90 Å². The van der Waals surface area contributed by atoms with E-state index in [0.717, 1.165) is 24.7 Å². The summed E-state index contributed by atoms with van der Waals surface area (Å²) in [6.07, 6.45) is 2.21. The summed E-state index contributed by atoms with van der Waals surface area (Å²) in [6.45, 7) is 2.52. The molecule has 1 amide bonds. The maximum Gasteiger partial charge on any atom is 0.276 e. The van der Waals surface area contributed by atoms with Crippen LogP contribution in [0.2, 0.25) is 0 Å². The van der Waals surface area contributed by atoms with E-state index >= 15 is 0 Å². The Kier molecular flexibility index (Phi) is 3.09. The second kappa shape index (κ2) is 4.35. The molecule has 0 spiro atoms. The quantitative estimate of drug-likeness (QED) is 0.788. The molecule has 1 heterocycles. The first kappa shape index (κ1) is 10.7. The Labute approximate surface area is 96.7 Å². The molecule has 4 nitrogen and oxygen atoms in total. The normalized spacial score (nSPS) is 15.3. The molecule has 0 saturated heterocycles. The lowest BCUT2D eigenvalue weighted by Crippen LogP contribution is -2.34. The molecule has 15 heavy (non-hydrogen) atoms. The lowest BCUT2D eigenvalue weighted by molar-refractivity contribution is 0.0744. The van der Waals surface area contributed by atoms with Crippen molar-refractivity contribution in [2.45, 2.75) is 25.8 Å². The smallest absolute Gasteiger partial charge is 0.276 e. The van der Waals surface area contributed by atoms with Gasteiger partial charge >= 0.3 is 0 Å². The minimum atomic E-state index is -0.0196. The number of alkyl halides is 1. The molecule has 1 aromatic rings. The molecule has 0 unspecified atom stereocenters. The molecule has 0 aliphatic heterocycles. The summed E-state index contributed by atoms with van der Waals surface area (Å²) in [5, 5.41) is 4.55. The van der Waals surface area contributed by atoms with Gasteiger partial charge in [-0.3, -0.25) is 4.79 Å². The predicted octanol–water partition coefficient (Wildman–Crippen LogP) is 1.98. The van der Waals surface area contributed by atoms with Gasteiger partial charge in [0.25, 0.3) is 5.91 Å². The molecule has 5 heteroatoms. The fourth-order valence-electron chi connectivity index (χ4n) is 1.54. The van der Waals surface area contributed by atoms with E-state index < -0.39 is 0 Å². The number of carbonyl (C=O) groups is 1. The fraction of sp³-hybridized carbons (Fsp3) is 0.600. The zero-order valence-electron chi connectivity index (χ0n) is 8.57. The van der Waals surface area contributed by atoms with Gasteiger partial charge in [0, 0.05) is 24.0 Å². The maximum absolute atomic E-state index is 12.0. The Bertz CT molecular complexity index is 360. The van der Waals surface area contributed by atoms with Gasteiger partial charge < -0.3 is 9.42 Å². The van der Waals surface area contributed by atoms with E-state index in [4.69, 9.17) is 4.52 Å². The third-order valence-electron chi connectivity index (χ3n) is 2.42. The van der Waals surface area contributed by atoms with Crippen molar-refractivity contribution in [3.05, 3.63) is 17.5 Å². The Morgan fingerprint density at radius 1 is 1.73 bits per heavy atom. The fourth-order valence-corrected chi connectivity index (χ4v) is 1.92. The monoisotopic (exact) mass is 272 g/mol. The van der Waals surface area contributed by atoms with Crippen LogP contribution in [0.5, 0.6) is 0 Å². The van der Waals surface area contributed by atoms with E-state index in [2.05, 4.69) is 21.1 Å². The van der Waals surface area contributed by atoms with Gasteiger partial charge in [0.05, 0.1) is 0 Å². The zero-order valence-corrected chi connectivity index (χ0v) is 10.2. The molecule has 0 atom stereocenters. The van der Waals surface area contributed by atoms with Crippen LogP contribution in [-0.2, 0) is 0 Å². The molecule has 1 fully saturated rings. The first-order valence-corrected chi connectivity index (χ1v) is 6.15. The molecule has 1 saturated carbocycles. The van der Waals surface area contributed by atoms with Gasteiger partial charge in [0.2, 0.25) is 0 Å². The Morgan fingerprint density at radius 2 is 2.47 bits per heavy atom. The highest BCUT2D eigenvalue weighted by molar-refractivity contribution is 9.09. The summed E-state index contributed by atoms with van der Waals surface area (Å²) in [5.74, 6) is 0.654. The second-order valence-electron chi connectivity index (χ2n) is 3.74. The van der Waals surface area contributed by atoms with Crippen LogP contribution in [0.4, 0.5) is 0 Å². The highest BCUT2D eigenvalue weighted by atomic mass is 79.9. The molecule has 1 aromatic heterocycles. The van der Waals surface area contributed by atoms with Crippen LogP contribution in [0.3, 0.4) is 0 Å². The van der Waals surface area contributed by atoms with Crippen molar-refractivity contribution in [1.29, 1.82) is 0 Å². The summed E-state index contributed by atoms with van der Waals surface area (Å²) in [5.41, 5.74) is 0.417. The van der Waals surface area contributed by atoms with Gasteiger partial charge in [-0.15, -0.1) is 0 Å². The first-order chi connectivity index (χ1) is 7.22. The number of halogens is 1. The molecule has 0 aromatic carbocycles. The van der Waals surface area contributed by atoms with Crippen LogP contribution < -0.4 is 0 Å². The van der Waals surface area contributed by atoms with Crippen LogP contribution in [0.25, 0.3) is 0 Å². The SMILES string of the molecule is Cc1cc(C(=O)N(CCBr)C2CC2)no1. The van der Waals surface area contributed by atoms with Crippen LogP contribution in [0, 0.1) is 6.92 Å². The predicted molar refractivity (Wildman–Crippen MR) is 59.1 cm³/mol. The minimum Gasteiger partial charge on any atom is -0.361 e. The topological polar surface area (TPSA) is 46.3 Å². The Balaban J connectivity index is 2.10. The first-order valence-electron chi connectivity index (χ1n) is 5.02. The average molecular weight is 273 g/mol.